The van der Waals surface area contributed by atoms with Crippen LogP contribution in [0, 0.1) is 0 Å². The normalized spacial score (nSPS) is 12.8. The fourth-order valence-corrected chi connectivity index (χ4v) is 3.59. The van der Waals surface area contributed by atoms with Gasteiger partial charge in [-0.25, -0.2) is 4.79 Å². The zero-order valence-corrected chi connectivity index (χ0v) is 15.7. The van der Waals surface area contributed by atoms with Crippen molar-refractivity contribution in [3.8, 4) is 0 Å². The highest BCUT2D eigenvalue weighted by Crippen LogP contribution is 2.19. The first-order valence-corrected chi connectivity index (χ1v) is 9.69. The molecule has 0 saturated carbocycles. The summed E-state index contributed by atoms with van der Waals surface area (Å²) in [6.07, 6.45) is 0.0545. The second kappa shape index (κ2) is 11.3. The Hall–Kier alpha value is -2.51. The van der Waals surface area contributed by atoms with Crippen LogP contribution in [0.4, 0.5) is 4.79 Å². The number of ether oxygens (including phenoxy) is 1. The molecule has 2 aromatic rings. The van der Waals surface area contributed by atoms with Crippen LogP contribution in [0.3, 0.4) is 0 Å². The van der Waals surface area contributed by atoms with Gasteiger partial charge >= 0.3 is 12.1 Å². The van der Waals surface area contributed by atoms with Gasteiger partial charge in [-0.15, -0.1) is 0 Å². The summed E-state index contributed by atoms with van der Waals surface area (Å²) in [7, 11) is 0. The van der Waals surface area contributed by atoms with Crippen molar-refractivity contribution >= 4 is 23.8 Å². The largest absolute Gasteiger partial charge is 0.480 e. The van der Waals surface area contributed by atoms with Crippen molar-refractivity contribution in [3.05, 3.63) is 71.8 Å². The molecule has 0 aliphatic carbocycles. The van der Waals surface area contributed by atoms with Gasteiger partial charge in [-0.1, -0.05) is 60.7 Å². The summed E-state index contributed by atoms with van der Waals surface area (Å²) in [5.74, 6) is -0.488. The molecule has 2 unspecified atom stereocenters. The van der Waals surface area contributed by atoms with E-state index in [0.717, 1.165) is 11.1 Å². The molecule has 0 aliphatic heterocycles. The number of nitrogens with two attached hydrogens (primary N) is 1. The summed E-state index contributed by atoms with van der Waals surface area (Å²) >= 11 is 1.43. The summed E-state index contributed by atoms with van der Waals surface area (Å²) < 4.78 is 5.14. The minimum atomic E-state index is -1.03. The molecular formula is C20H24N2O4S. The Morgan fingerprint density at radius 1 is 1.04 bits per heavy atom. The number of carboxylic acid groups (broad SMARTS) is 1. The molecule has 0 aliphatic rings. The molecule has 1 amide bonds. The Labute approximate surface area is 163 Å². The highest BCUT2D eigenvalue weighted by atomic mass is 32.2. The molecule has 0 saturated heterocycles. The number of thioether (sulfide) groups is 1. The average molecular weight is 388 g/mol. The van der Waals surface area contributed by atoms with Crippen molar-refractivity contribution in [1.82, 2.24) is 5.32 Å². The smallest absolute Gasteiger partial charge is 0.407 e. The molecule has 4 N–H and O–H groups in total. The Kier molecular flexibility index (Phi) is 8.67. The number of hydrogen-bond donors (Lipinski definition) is 3. The zero-order valence-electron chi connectivity index (χ0n) is 14.9. The minimum absolute atomic E-state index is 0.209. The molecule has 0 radical (unpaired) electrons. The lowest BCUT2D eigenvalue weighted by atomic mass is 10.1. The molecule has 0 fully saturated rings. The summed E-state index contributed by atoms with van der Waals surface area (Å²) in [4.78, 5) is 23.0. The number of amides is 1. The lowest BCUT2D eigenvalue weighted by molar-refractivity contribution is -0.138. The number of alkyl carbamates (subject to hydrolysis) is 1. The van der Waals surface area contributed by atoms with Gasteiger partial charge in [-0.3, -0.25) is 4.79 Å². The predicted molar refractivity (Wildman–Crippen MR) is 107 cm³/mol. The van der Waals surface area contributed by atoms with E-state index in [9.17, 15) is 14.7 Å². The number of rotatable bonds is 10. The van der Waals surface area contributed by atoms with E-state index in [4.69, 9.17) is 10.5 Å². The van der Waals surface area contributed by atoms with Gasteiger partial charge in [0.15, 0.2) is 0 Å². The van der Waals surface area contributed by atoms with Crippen LogP contribution in [0.5, 0.6) is 0 Å². The second-order valence-corrected chi connectivity index (χ2v) is 7.30. The Morgan fingerprint density at radius 2 is 1.63 bits per heavy atom. The third-order valence-corrected chi connectivity index (χ3v) is 5.21. The van der Waals surface area contributed by atoms with E-state index in [2.05, 4.69) is 5.32 Å². The van der Waals surface area contributed by atoms with Crippen LogP contribution in [0.15, 0.2) is 60.7 Å². The van der Waals surface area contributed by atoms with Gasteiger partial charge in [-0.2, -0.15) is 11.8 Å². The molecule has 7 heteroatoms. The lowest BCUT2D eigenvalue weighted by Gasteiger charge is -2.20. The van der Waals surface area contributed by atoms with E-state index in [1.807, 2.05) is 60.7 Å². The first-order chi connectivity index (χ1) is 13.1. The van der Waals surface area contributed by atoms with E-state index >= 15 is 0 Å². The van der Waals surface area contributed by atoms with Crippen molar-refractivity contribution in [2.75, 3.05) is 12.3 Å². The van der Waals surface area contributed by atoms with Crippen LogP contribution in [-0.4, -0.2) is 40.8 Å². The second-order valence-electron chi connectivity index (χ2n) is 5.95. The fourth-order valence-electron chi connectivity index (χ4n) is 2.43. The van der Waals surface area contributed by atoms with Gasteiger partial charge in [0, 0.05) is 17.5 Å². The van der Waals surface area contributed by atoms with Crippen LogP contribution in [0.25, 0.3) is 0 Å². The summed E-state index contributed by atoms with van der Waals surface area (Å²) in [5.41, 5.74) is 7.77. The topological polar surface area (TPSA) is 102 Å². The molecule has 2 aromatic carbocycles. The quantitative estimate of drug-likeness (QED) is 0.541. The lowest BCUT2D eigenvalue weighted by Crippen LogP contribution is -2.41. The monoisotopic (exact) mass is 388 g/mol. The Morgan fingerprint density at radius 3 is 2.22 bits per heavy atom. The SMILES string of the molecule is NC(C(=O)O)C(Cc1ccccc1)SCCNC(=O)OCc1ccccc1. The third-order valence-electron chi connectivity index (χ3n) is 3.88. The van der Waals surface area contributed by atoms with Crippen molar-refractivity contribution in [1.29, 1.82) is 0 Å². The maximum absolute atomic E-state index is 11.7. The van der Waals surface area contributed by atoms with Crippen molar-refractivity contribution in [2.45, 2.75) is 24.3 Å². The zero-order chi connectivity index (χ0) is 19.5. The Bertz CT molecular complexity index is 712. The Balaban J connectivity index is 1.74. The summed E-state index contributed by atoms with van der Waals surface area (Å²) in [6.45, 7) is 0.580. The van der Waals surface area contributed by atoms with Crippen molar-refractivity contribution in [2.24, 2.45) is 5.73 Å². The first-order valence-electron chi connectivity index (χ1n) is 8.64. The van der Waals surface area contributed by atoms with Crippen LogP contribution in [-0.2, 0) is 22.6 Å². The van der Waals surface area contributed by atoms with Crippen molar-refractivity contribution in [3.63, 3.8) is 0 Å². The van der Waals surface area contributed by atoms with Gasteiger partial charge in [-0.05, 0) is 17.5 Å². The van der Waals surface area contributed by atoms with Gasteiger partial charge in [0.2, 0.25) is 0 Å². The molecule has 27 heavy (non-hydrogen) atoms. The number of carbonyl (C=O) groups excluding carboxylic acids is 1. The van der Waals surface area contributed by atoms with Crippen molar-refractivity contribution < 1.29 is 19.4 Å². The number of carbonyl (C=O) groups is 2. The van der Waals surface area contributed by atoms with Crippen LogP contribution in [0.1, 0.15) is 11.1 Å². The van der Waals surface area contributed by atoms with Crippen LogP contribution in [0.2, 0.25) is 0 Å². The molecule has 2 rings (SSSR count). The maximum atomic E-state index is 11.7. The first kappa shape index (κ1) is 20.8. The predicted octanol–water partition coefficient (Wildman–Crippen LogP) is 2.67. The van der Waals surface area contributed by atoms with E-state index < -0.39 is 18.1 Å². The van der Waals surface area contributed by atoms with E-state index in [1.54, 1.807) is 0 Å². The van der Waals surface area contributed by atoms with E-state index in [1.165, 1.54) is 11.8 Å². The van der Waals surface area contributed by atoms with Gasteiger partial charge in [0.1, 0.15) is 12.6 Å². The molecule has 0 spiro atoms. The van der Waals surface area contributed by atoms with Gasteiger partial charge in [0.25, 0.3) is 0 Å². The fraction of sp³-hybridized carbons (Fsp3) is 0.300. The third kappa shape index (κ3) is 7.72. The van der Waals surface area contributed by atoms with Gasteiger partial charge in [0.05, 0.1) is 0 Å². The summed E-state index contributed by atoms with van der Waals surface area (Å²) in [5, 5.41) is 11.6. The van der Waals surface area contributed by atoms with Gasteiger partial charge < -0.3 is 20.9 Å². The standard InChI is InChI=1S/C20H24N2O4S/c21-18(19(23)24)17(13-15-7-3-1-4-8-15)27-12-11-22-20(25)26-14-16-9-5-2-6-10-16/h1-10,17-18H,11-14,21H2,(H,22,25)(H,23,24). The number of hydrogen-bond acceptors (Lipinski definition) is 5. The number of carboxylic acids is 1. The van der Waals surface area contributed by atoms with E-state index in [-0.39, 0.29) is 11.9 Å². The molecule has 6 nitrogen and oxygen atoms in total. The molecule has 144 valence electrons. The molecular weight excluding hydrogens is 364 g/mol. The molecule has 2 atom stereocenters. The highest BCUT2D eigenvalue weighted by molar-refractivity contribution is 8.00. The maximum Gasteiger partial charge on any atom is 0.407 e. The van der Waals surface area contributed by atoms with Crippen LogP contribution < -0.4 is 11.1 Å². The minimum Gasteiger partial charge on any atom is -0.480 e. The molecule has 0 bridgehead atoms. The van der Waals surface area contributed by atoms with E-state index in [0.29, 0.717) is 18.7 Å². The van der Waals surface area contributed by atoms with Crippen LogP contribution >= 0.6 is 11.8 Å². The molecule has 0 heterocycles. The number of nitrogens with one attached hydrogen (secondary N) is 1. The highest BCUT2D eigenvalue weighted by Gasteiger charge is 2.24. The summed E-state index contributed by atoms with van der Waals surface area (Å²) in [6, 6.07) is 18.1. The number of benzene rings is 2. The number of aliphatic carboxylic acids is 1. The average Bonchev–Trinajstić information content (AvgIpc) is 2.69. The molecule has 0 aromatic heterocycles.